The van der Waals surface area contributed by atoms with Crippen molar-refractivity contribution in [3.05, 3.63) is 37.4 Å². The number of aliphatic hydroxyl groups excluding tert-OH is 1. The topological polar surface area (TPSA) is 110 Å². The van der Waals surface area contributed by atoms with Crippen LogP contribution in [0, 0.1) is 39.0 Å². The molecule has 1 saturated heterocycles. The Balaban J connectivity index is 2.44. The molecule has 0 aliphatic carbocycles. The van der Waals surface area contributed by atoms with Crippen LogP contribution in [0.15, 0.2) is 6.07 Å². The first-order valence-corrected chi connectivity index (χ1v) is 8.57. The van der Waals surface area contributed by atoms with E-state index in [1.54, 1.807) is 4.90 Å². The van der Waals surface area contributed by atoms with Crippen LogP contribution in [0.3, 0.4) is 0 Å². The van der Waals surface area contributed by atoms with Crippen LogP contribution in [0.2, 0.25) is 0 Å². The van der Waals surface area contributed by atoms with Crippen molar-refractivity contribution in [2.45, 2.75) is 46.6 Å². The molecule has 0 amide bonds. The fraction of sp³-hybridized carbons (Fsp3) is 0.647. The fourth-order valence-corrected chi connectivity index (χ4v) is 3.69. The molecule has 0 saturated carbocycles. The van der Waals surface area contributed by atoms with Gasteiger partial charge in [0.15, 0.2) is 5.69 Å². The third-order valence-corrected chi connectivity index (χ3v) is 4.90. The molecule has 1 aliphatic heterocycles. The maximum Gasteiger partial charge on any atom is 0.302 e. The van der Waals surface area contributed by atoms with Crippen molar-refractivity contribution in [2.75, 3.05) is 18.0 Å². The molecule has 25 heavy (non-hydrogen) atoms. The summed E-state index contributed by atoms with van der Waals surface area (Å²) in [5, 5.41) is 32.5. The van der Waals surface area contributed by atoms with E-state index in [2.05, 4.69) is 13.8 Å². The molecule has 8 heteroatoms. The summed E-state index contributed by atoms with van der Waals surface area (Å²) in [6, 6.07) is 1.26. The Hall–Kier alpha value is -2.22. The van der Waals surface area contributed by atoms with Crippen LogP contribution in [0.4, 0.5) is 17.1 Å². The predicted molar refractivity (Wildman–Crippen MR) is 94.8 cm³/mol. The van der Waals surface area contributed by atoms with E-state index < -0.39 is 16.5 Å². The molecule has 0 aromatic heterocycles. The molecular formula is C17H25N3O5. The van der Waals surface area contributed by atoms with Gasteiger partial charge < -0.3 is 10.0 Å². The molecule has 1 N–H and O–H groups in total. The molecule has 1 aromatic carbocycles. The Kier molecular flexibility index (Phi) is 5.94. The van der Waals surface area contributed by atoms with Gasteiger partial charge in [-0.3, -0.25) is 20.2 Å². The molecular weight excluding hydrogens is 326 g/mol. The quantitative estimate of drug-likeness (QED) is 0.620. The minimum absolute atomic E-state index is 0.0766. The van der Waals surface area contributed by atoms with Gasteiger partial charge >= 0.3 is 5.69 Å². The van der Waals surface area contributed by atoms with E-state index in [1.165, 1.54) is 13.0 Å². The highest BCUT2D eigenvalue weighted by molar-refractivity contribution is 5.79. The second-order valence-corrected chi connectivity index (χ2v) is 7.11. The van der Waals surface area contributed by atoms with Crippen molar-refractivity contribution in [1.82, 2.24) is 0 Å². The average Bonchev–Trinajstić information content (AvgIpc) is 2.54. The Morgan fingerprint density at radius 3 is 2.28 bits per heavy atom. The maximum absolute atomic E-state index is 11.6. The van der Waals surface area contributed by atoms with Crippen LogP contribution >= 0.6 is 0 Å². The molecule has 1 fully saturated rings. The van der Waals surface area contributed by atoms with Crippen molar-refractivity contribution in [3.8, 4) is 0 Å². The standard InChI is InChI=1S/C17H25N3O5/c1-11(2)8-13-4-6-18(7-5-13)17-15(19(22)23)9-14(10-21)12(3)16(17)20(24)25/h9,11,13,21H,4-8,10H2,1-3H3. The first-order valence-electron chi connectivity index (χ1n) is 8.57. The summed E-state index contributed by atoms with van der Waals surface area (Å²) in [6.07, 6.45) is 2.83. The van der Waals surface area contributed by atoms with Crippen LogP contribution in [0.5, 0.6) is 0 Å². The van der Waals surface area contributed by atoms with Crippen molar-refractivity contribution in [1.29, 1.82) is 0 Å². The highest BCUT2D eigenvalue weighted by Crippen LogP contribution is 2.43. The monoisotopic (exact) mass is 351 g/mol. The summed E-state index contributed by atoms with van der Waals surface area (Å²) in [5.74, 6) is 1.14. The largest absolute Gasteiger partial charge is 0.392 e. The van der Waals surface area contributed by atoms with E-state index in [-0.39, 0.29) is 28.2 Å². The minimum atomic E-state index is -0.596. The van der Waals surface area contributed by atoms with Gasteiger partial charge in [-0.05, 0) is 43.6 Å². The molecule has 1 aromatic rings. The third kappa shape index (κ3) is 4.07. The van der Waals surface area contributed by atoms with Gasteiger partial charge in [0, 0.05) is 24.7 Å². The molecule has 0 spiro atoms. The predicted octanol–water partition coefficient (Wildman–Crippen LogP) is 3.57. The van der Waals surface area contributed by atoms with Crippen molar-refractivity contribution < 1.29 is 15.0 Å². The van der Waals surface area contributed by atoms with Crippen molar-refractivity contribution in [3.63, 3.8) is 0 Å². The molecule has 1 aliphatic rings. The molecule has 2 rings (SSSR count). The average molecular weight is 351 g/mol. The van der Waals surface area contributed by atoms with Gasteiger partial charge in [-0.2, -0.15) is 0 Å². The van der Waals surface area contributed by atoms with Gasteiger partial charge in [-0.25, -0.2) is 0 Å². The zero-order valence-corrected chi connectivity index (χ0v) is 14.9. The zero-order chi connectivity index (χ0) is 18.7. The third-order valence-electron chi connectivity index (χ3n) is 4.90. The molecule has 0 bridgehead atoms. The molecule has 0 unspecified atom stereocenters. The summed E-state index contributed by atoms with van der Waals surface area (Å²) >= 11 is 0. The van der Waals surface area contributed by atoms with Crippen LogP contribution < -0.4 is 4.90 Å². The Labute approximate surface area is 146 Å². The normalized spacial score (nSPS) is 15.6. The highest BCUT2D eigenvalue weighted by Gasteiger charge is 2.35. The van der Waals surface area contributed by atoms with E-state index in [0.29, 0.717) is 24.9 Å². The van der Waals surface area contributed by atoms with E-state index in [9.17, 15) is 25.3 Å². The molecule has 138 valence electrons. The molecule has 0 atom stereocenters. The second-order valence-electron chi connectivity index (χ2n) is 7.11. The summed E-state index contributed by atoms with van der Waals surface area (Å²) in [4.78, 5) is 23.7. The molecule has 8 nitrogen and oxygen atoms in total. The van der Waals surface area contributed by atoms with Crippen LogP contribution in [0.1, 0.15) is 44.2 Å². The van der Waals surface area contributed by atoms with Crippen LogP contribution in [-0.4, -0.2) is 28.0 Å². The summed E-state index contributed by atoms with van der Waals surface area (Å²) in [5.41, 5.74) is 0.0196. The van der Waals surface area contributed by atoms with E-state index >= 15 is 0 Å². The van der Waals surface area contributed by atoms with E-state index in [0.717, 1.165) is 19.3 Å². The minimum Gasteiger partial charge on any atom is -0.392 e. The van der Waals surface area contributed by atoms with Gasteiger partial charge in [0.1, 0.15) is 0 Å². The van der Waals surface area contributed by atoms with E-state index in [1.807, 2.05) is 0 Å². The number of nitro benzene ring substituents is 2. The lowest BCUT2D eigenvalue weighted by Gasteiger charge is -2.34. The van der Waals surface area contributed by atoms with Crippen LogP contribution in [-0.2, 0) is 6.61 Å². The smallest absolute Gasteiger partial charge is 0.302 e. The SMILES string of the molecule is Cc1c(CO)cc([N+](=O)[O-])c(N2CCC(CC(C)C)CC2)c1[N+](=O)[O-]. The number of rotatable bonds is 6. The van der Waals surface area contributed by atoms with Crippen molar-refractivity contribution in [2.24, 2.45) is 11.8 Å². The number of aliphatic hydroxyl groups is 1. The molecule has 0 radical (unpaired) electrons. The Bertz CT molecular complexity index is 667. The maximum atomic E-state index is 11.6. The number of nitrogens with zero attached hydrogens (tertiary/aromatic N) is 3. The Morgan fingerprint density at radius 1 is 1.24 bits per heavy atom. The zero-order valence-electron chi connectivity index (χ0n) is 14.9. The van der Waals surface area contributed by atoms with Gasteiger partial charge in [0.2, 0.25) is 0 Å². The van der Waals surface area contributed by atoms with Gasteiger partial charge in [-0.1, -0.05) is 13.8 Å². The van der Waals surface area contributed by atoms with E-state index in [4.69, 9.17) is 0 Å². The van der Waals surface area contributed by atoms with Crippen LogP contribution in [0.25, 0.3) is 0 Å². The van der Waals surface area contributed by atoms with Gasteiger partial charge in [0.05, 0.1) is 16.5 Å². The highest BCUT2D eigenvalue weighted by atomic mass is 16.6. The van der Waals surface area contributed by atoms with Gasteiger partial charge in [0.25, 0.3) is 5.69 Å². The van der Waals surface area contributed by atoms with Gasteiger partial charge in [-0.15, -0.1) is 0 Å². The second kappa shape index (κ2) is 7.77. The number of hydrogen-bond acceptors (Lipinski definition) is 6. The number of piperidine rings is 1. The van der Waals surface area contributed by atoms with Crippen molar-refractivity contribution >= 4 is 17.1 Å². The fourth-order valence-electron chi connectivity index (χ4n) is 3.69. The summed E-state index contributed by atoms with van der Waals surface area (Å²) in [7, 11) is 0. The first kappa shape index (κ1) is 19.1. The first-order chi connectivity index (χ1) is 11.8. The number of nitro groups is 2. The lowest BCUT2D eigenvalue weighted by molar-refractivity contribution is -0.393. The summed E-state index contributed by atoms with van der Waals surface area (Å²) < 4.78 is 0. The number of benzene rings is 1. The lowest BCUT2D eigenvalue weighted by Crippen LogP contribution is -2.35. The summed E-state index contributed by atoms with van der Waals surface area (Å²) in [6.45, 7) is 6.53. The lowest BCUT2D eigenvalue weighted by atomic mass is 9.88. The molecule has 1 heterocycles. The Morgan fingerprint density at radius 2 is 1.84 bits per heavy atom. The number of hydrogen-bond donors (Lipinski definition) is 1. The number of anilines is 1.